The van der Waals surface area contributed by atoms with Gasteiger partial charge in [0.15, 0.2) is 0 Å². The maximum atomic E-state index is 13.0. The van der Waals surface area contributed by atoms with Crippen molar-refractivity contribution < 1.29 is 4.74 Å². The van der Waals surface area contributed by atoms with Crippen LogP contribution in [-0.2, 0) is 11.3 Å². The van der Waals surface area contributed by atoms with Gasteiger partial charge in [0.1, 0.15) is 5.82 Å². The van der Waals surface area contributed by atoms with Crippen LogP contribution in [0.25, 0.3) is 22.3 Å². The Morgan fingerprint density at radius 3 is 2.71 bits per heavy atom. The number of hydrogen-bond donors (Lipinski definition) is 0. The van der Waals surface area contributed by atoms with E-state index in [2.05, 4.69) is 6.92 Å². The van der Waals surface area contributed by atoms with Crippen LogP contribution in [0.15, 0.2) is 53.3 Å². The fourth-order valence-electron chi connectivity index (χ4n) is 3.25. The number of hydrogen-bond acceptors (Lipinski definition) is 3. The molecule has 2 heterocycles. The van der Waals surface area contributed by atoms with Crippen LogP contribution < -0.4 is 5.56 Å². The molecule has 24 heavy (non-hydrogen) atoms. The fourth-order valence-corrected chi connectivity index (χ4v) is 3.25. The van der Waals surface area contributed by atoms with Gasteiger partial charge in [-0.05, 0) is 31.9 Å². The van der Waals surface area contributed by atoms with Gasteiger partial charge in [-0.3, -0.25) is 9.36 Å². The summed E-state index contributed by atoms with van der Waals surface area (Å²) in [4.78, 5) is 17.8. The lowest BCUT2D eigenvalue weighted by Crippen LogP contribution is -2.28. The van der Waals surface area contributed by atoms with Gasteiger partial charge in [0.25, 0.3) is 5.56 Å². The first-order valence-corrected chi connectivity index (χ1v) is 8.40. The molecule has 1 aliphatic rings. The average Bonchev–Trinajstić information content (AvgIpc) is 3.11. The summed E-state index contributed by atoms with van der Waals surface area (Å²) in [5.41, 5.74) is 2.89. The largest absolute Gasteiger partial charge is 0.376 e. The molecule has 4 rings (SSSR count). The van der Waals surface area contributed by atoms with Gasteiger partial charge in [-0.2, -0.15) is 0 Å². The first-order valence-electron chi connectivity index (χ1n) is 8.40. The normalized spacial score (nSPS) is 17.5. The van der Waals surface area contributed by atoms with E-state index in [-0.39, 0.29) is 11.7 Å². The van der Waals surface area contributed by atoms with E-state index >= 15 is 0 Å². The van der Waals surface area contributed by atoms with Crippen molar-refractivity contribution in [2.45, 2.75) is 32.4 Å². The minimum Gasteiger partial charge on any atom is -0.376 e. The SMILES string of the molecule is Cc1ccc(-c2nc3ccccc3c(=O)n2C[C@@H]2CCCO2)cc1. The van der Waals surface area contributed by atoms with Gasteiger partial charge in [0.05, 0.1) is 23.6 Å². The third kappa shape index (κ3) is 2.74. The molecule has 2 aromatic carbocycles. The van der Waals surface area contributed by atoms with Gasteiger partial charge in [0.2, 0.25) is 0 Å². The van der Waals surface area contributed by atoms with Crippen molar-refractivity contribution in [1.29, 1.82) is 0 Å². The van der Waals surface area contributed by atoms with Gasteiger partial charge < -0.3 is 4.74 Å². The molecule has 1 aromatic heterocycles. The molecule has 122 valence electrons. The lowest BCUT2D eigenvalue weighted by atomic mass is 10.1. The first kappa shape index (κ1) is 15.1. The molecule has 4 nitrogen and oxygen atoms in total. The number of rotatable bonds is 3. The number of fused-ring (bicyclic) bond motifs is 1. The molecule has 0 unspecified atom stereocenters. The lowest BCUT2D eigenvalue weighted by Gasteiger charge is -2.17. The second-order valence-electron chi connectivity index (χ2n) is 6.37. The highest BCUT2D eigenvalue weighted by atomic mass is 16.5. The van der Waals surface area contributed by atoms with Crippen molar-refractivity contribution in [2.75, 3.05) is 6.61 Å². The second-order valence-corrected chi connectivity index (χ2v) is 6.37. The smallest absolute Gasteiger partial charge is 0.261 e. The topological polar surface area (TPSA) is 44.1 Å². The molecule has 0 bridgehead atoms. The van der Waals surface area contributed by atoms with Crippen LogP contribution in [0.5, 0.6) is 0 Å². The van der Waals surface area contributed by atoms with Crippen LogP contribution in [0.2, 0.25) is 0 Å². The van der Waals surface area contributed by atoms with Crippen molar-refractivity contribution in [3.63, 3.8) is 0 Å². The Morgan fingerprint density at radius 1 is 1.17 bits per heavy atom. The van der Waals surface area contributed by atoms with E-state index in [1.54, 1.807) is 4.57 Å². The minimum absolute atomic E-state index is 0.00618. The van der Waals surface area contributed by atoms with Gasteiger partial charge in [-0.1, -0.05) is 42.0 Å². The molecule has 1 fully saturated rings. The van der Waals surface area contributed by atoms with Crippen molar-refractivity contribution in [1.82, 2.24) is 9.55 Å². The van der Waals surface area contributed by atoms with E-state index in [1.165, 1.54) is 5.56 Å². The van der Waals surface area contributed by atoms with Gasteiger partial charge in [-0.15, -0.1) is 0 Å². The number of para-hydroxylation sites is 1. The first-order chi connectivity index (χ1) is 11.7. The highest BCUT2D eigenvalue weighted by Crippen LogP contribution is 2.22. The molecular weight excluding hydrogens is 300 g/mol. The summed E-state index contributed by atoms with van der Waals surface area (Å²) in [6.45, 7) is 3.39. The maximum absolute atomic E-state index is 13.0. The van der Waals surface area contributed by atoms with Crippen LogP contribution in [-0.4, -0.2) is 22.3 Å². The van der Waals surface area contributed by atoms with E-state index < -0.39 is 0 Å². The number of ether oxygens (including phenoxy) is 1. The molecule has 0 radical (unpaired) electrons. The molecule has 0 aliphatic carbocycles. The third-order valence-electron chi connectivity index (χ3n) is 4.58. The third-order valence-corrected chi connectivity index (χ3v) is 4.58. The van der Waals surface area contributed by atoms with Gasteiger partial charge in [0, 0.05) is 12.2 Å². The molecule has 4 heteroatoms. The standard InChI is InChI=1S/C20H20N2O2/c1-14-8-10-15(11-9-14)19-21-18-7-3-2-6-17(18)20(23)22(19)13-16-5-4-12-24-16/h2-3,6-11,16H,4-5,12-13H2,1H3/t16-/m0/s1. The Bertz CT molecular complexity index is 923. The second kappa shape index (κ2) is 6.21. The Kier molecular flexibility index (Phi) is 3.90. The highest BCUT2D eigenvalue weighted by Gasteiger charge is 2.20. The van der Waals surface area contributed by atoms with E-state index in [9.17, 15) is 4.79 Å². The van der Waals surface area contributed by atoms with Gasteiger partial charge in [-0.25, -0.2) is 4.98 Å². The fraction of sp³-hybridized carbons (Fsp3) is 0.300. The number of benzene rings is 2. The summed E-state index contributed by atoms with van der Waals surface area (Å²) >= 11 is 0. The molecular formula is C20H20N2O2. The highest BCUT2D eigenvalue weighted by molar-refractivity contribution is 5.79. The van der Waals surface area contributed by atoms with Crippen molar-refractivity contribution >= 4 is 10.9 Å². The van der Waals surface area contributed by atoms with E-state index in [4.69, 9.17) is 9.72 Å². The zero-order valence-corrected chi connectivity index (χ0v) is 13.7. The molecule has 1 aliphatic heterocycles. The summed E-state index contributed by atoms with van der Waals surface area (Å²) in [5.74, 6) is 0.717. The van der Waals surface area contributed by atoms with Crippen LogP contribution in [0.4, 0.5) is 0 Å². The summed E-state index contributed by atoms with van der Waals surface area (Å²) in [6.07, 6.45) is 2.14. The average molecular weight is 320 g/mol. The molecule has 1 saturated heterocycles. The predicted molar refractivity (Wildman–Crippen MR) is 95.2 cm³/mol. The number of nitrogens with zero attached hydrogens (tertiary/aromatic N) is 2. The number of aromatic nitrogens is 2. The summed E-state index contributed by atoms with van der Waals surface area (Å²) in [5, 5.41) is 0.659. The van der Waals surface area contributed by atoms with Gasteiger partial charge >= 0.3 is 0 Å². The van der Waals surface area contributed by atoms with Crippen LogP contribution in [0.3, 0.4) is 0 Å². The van der Waals surface area contributed by atoms with E-state index in [1.807, 2.05) is 48.5 Å². The quantitative estimate of drug-likeness (QED) is 0.741. The molecule has 0 N–H and O–H groups in total. The monoisotopic (exact) mass is 320 g/mol. The number of aryl methyl sites for hydroxylation is 1. The van der Waals surface area contributed by atoms with Crippen molar-refractivity contribution in [3.8, 4) is 11.4 Å². The lowest BCUT2D eigenvalue weighted by molar-refractivity contribution is 0.0965. The Balaban J connectivity index is 1.91. The zero-order valence-electron chi connectivity index (χ0n) is 13.7. The van der Waals surface area contributed by atoms with Crippen LogP contribution >= 0.6 is 0 Å². The Morgan fingerprint density at radius 2 is 1.96 bits per heavy atom. The van der Waals surface area contributed by atoms with Crippen LogP contribution in [0.1, 0.15) is 18.4 Å². The maximum Gasteiger partial charge on any atom is 0.261 e. The summed E-state index contributed by atoms with van der Waals surface area (Å²) in [6, 6.07) is 15.7. The molecule has 1 atom stereocenters. The molecule has 3 aromatic rings. The zero-order chi connectivity index (χ0) is 16.5. The molecule has 0 saturated carbocycles. The molecule has 0 amide bonds. The summed E-state index contributed by atoms with van der Waals surface area (Å²) < 4.78 is 7.53. The minimum atomic E-state index is 0.00618. The Labute approximate surface area is 140 Å². The van der Waals surface area contributed by atoms with E-state index in [0.29, 0.717) is 17.8 Å². The summed E-state index contributed by atoms with van der Waals surface area (Å²) in [7, 11) is 0. The van der Waals surface area contributed by atoms with Crippen molar-refractivity contribution in [3.05, 3.63) is 64.4 Å². The predicted octanol–water partition coefficient (Wildman–Crippen LogP) is 3.55. The van der Waals surface area contributed by atoms with Crippen LogP contribution in [0, 0.1) is 6.92 Å². The van der Waals surface area contributed by atoms with Crippen molar-refractivity contribution in [2.24, 2.45) is 0 Å². The molecule has 0 spiro atoms. The van der Waals surface area contributed by atoms with E-state index in [0.717, 1.165) is 30.5 Å². The Hall–Kier alpha value is -2.46.